The Morgan fingerprint density at radius 2 is 1.58 bits per heavy atom. The molecule has 0 radical (unpaired) electrons. The Labute approximate surface area is 109 Å². The maximum Gasteiger partial charge on any atom is 0.262 e. The van der Waals surface area contributed by atoms with Gasteiger partial charge in [0.05, 0.1) is 6.07 Å². The molecule has 1 aliphatic rings. The third-order valence-corrected chi connectivity index (χ3v) is 3.38. The van der Waals surface area contributed by atoms with Crippen LogP contribution < -0.4 is 0 Å². The van der Waals surface area contributed by atoms with E-state index >= 15 is 0 Å². The molecule has 1 atom stereocenters. The number of amides is 2. The smallest absolute Gasteiger partial charge is 0.262 e. The first-order valence-electron chi connectivity index (χ1n) is 5.94. The minimum Gasteiger partial charge on any atom is -0.269 e. The second-order valence-electron chi connectivity index (χ2n) is 4.49. The number of benzene rings is 2. The van der Waals surface area contributed by atoms with Gasteiger partial charge in [0.2, 0.25) is 0 Å². The number of imide groups is 1. The molecular weight excluding hydrogens is 240 g/mol. The molecule has 1 aliphatic heterocycles. The SMILES string of the molecule is CC(C#N)N1C(=O)c2cccc3cccc(c23)C1=O. The summed E-state index contributed by atoms with van der Waals surface area (Å²) in [6.45, 7) is 1.55. The van der Waals surface area contributed by atoms with Crippen molar-refractivity contribution in [1.82, 2.24) is 4.90 Å². The van der Waals surface area contributed by atoms with Gasteiger partial charge < -0.3 is 0 Å². The zero-order valence-corrected chi connectivity index (χ0v) is 10.3. The Morgan fingerprint density at radius 1 is 1.05 bits per heavy atom. The lowest BCUT2D eigenvalue weighted by molar-refractivity contribution is 0.0584. The Morgan fingerprint density at radius 3 is 2.05 bits per heavy atom. The molecule has 0 bridgehead atoms. The number of nitrogens with zero attached hydrogens (tertiary/aromatic N) is 2. The third kappa shape index (κ3) is 1.45. The molecular formula is C15H10N2O2. The van der Waals surface area contributed by atoms with E-state index < -0.39 is 17.9 Å². The summed E-state index contributed by atoms with van der Waals surface area (Å²) < 4.78 is 0. The zero-order chi connectivity index (χ0) is 13.6. The molecule has 92 valence electrons. The summed E-state index contributed by atoms with van der Waals surface area (Å²) in [5, 5.41) is 10.5. The van der Waals surface area contributed by atoms with Crippen LogP contribution in [-0.2, 0) is 0 Å². The standard InChI is InChI=1S/C15H10N2O2/c1-9(8-16)17-14(18)11-6-2-4-10-5-3-7-12(13(10)11)15(17)19/h2-7,9H,1H3. The van der Waals surface area contributed by atoms with E-state index in [4.69, 9.17) is 5.26 Å². The van der Waals surface area contributed by atoms with E-state index in [1.54, 1.807) is 31.2 Å². The van der Waals surface area contributed by atoms with Crippen LogP contribution >= 0.6 is 0 Å². The van der Waals surface area contributed by atoms with Gasteiger partial charge in [0.25, 0.3) is 11.8 Å². The average molecular weight is 250 g/mol. The van der Waals surface area contributed by atoms with Crippen LogP contribution in [-0.4, -0.2) is 22.8 Å². The van der Waals surface area contributed by atoms with E-state index in [9.17, 15) is 9.59 Å². The summed E-state index contributed by atoms with van der Waals surface area (Å²) in [6.07, 6.45) is 0. The number of carbonyl (C=O) groups is 2. The van der Waals surface area contributed by atoms with E-state index in [0.29, 0.717) is 16.5 Å². The van der Waals surface area contributed by atoms with Gasteiger partial charge in [-0.05, 0) is 24.4 Å². The summed E-state index contributed by atoms with van der Waals surface area (Å²) in [5.41, 5.74) is 0.963. The molecule has 4 heteroatoms. The molecule has 0 saturated carbocycles. The quantitative estimate of drug-likeness (QED) is 0.730. The molecule has 0 N–H and O–H groups in total. The Hall–Kier alpha value is -2.67. The molecule has 2 amide bonds. The van der Waals surface area contributed by atoms with E-state index in [-0.39, 0.29) is 0 Å². The van der Waals surface area contributed by atoms with Crippen molar-refractivity contribution in [3.8, 4) is 6.07 Å². The van der Waals surface area contributed by atoms with Crippen LogP contribution in [0.3, 0.4) is 0 Å². The van der Waals surface area contributed by atoms with Gasteiger partial charge in [-0.3, -0.25) is 14.5 Å². The van der Waals surface area contributed by atoms with E-state index in [1.165, 1.54) is 0 Å². The van der Waals surface area contributed by atoms with Crippen molar-refractivity contribution in [2.45, 2.75) is 13.0 Å². The van der Waals surface area contributed by atoms with Gasteiger partial charge in [-0.2, -0.15) is 5.26 Å². The normalized spacial score (nSPS) is 15.5. The molecule has 4 nitrogen and oxygen atoms in total. The van der Waals surface area contributed by atoms with Gasteiger partial charge >= 0.3 is 0 Å². The lowest BCUT2D eigenvalue weighted by atomic mass is 9.93. The highest BCUT2D eigenvalue weighted by Gasteiger charge is 2.35. The minimum absolute atomic E-state index is 0.400. The molecule has 0 aromatic heterocycles. The molecule has 2 aromatic carbocycles. The molecule has 0 aliphatic carbocycles. The molecule has 0 saturated heterocycles. The number of nitriles is 1. The molecule has 3 rings (SSSR count). The molecule has 0 spiro atoms. The fourth-order valence-corrected chi connectivity index (χ4v) is 2.46. The van der Waals surface area contributed by atoms with Crippen molar-refractivity contribution in [3.05, 3.63) is 47.5 Å². The fraction of sp³-hybridized carbons (Fsp3) is 0.133. The van der Waals surface area contributed by atoms with Gasteiger partial charge in [-0.25, -0.2) is 0 Å². The highest BCUT2D eigenvalue weighted by atomic mass is 16.2. The summed E-state index contributed by atoms with van der Waals surface area (Å²) in [7, 11) is 0. The van der Waals surface area contributed by atoms with Crippen molar-refractivity contribution in [1.29, 1.82) is 5.26 Å². The van der Waals surface area contributed by atoms with E-state index in [2.05, 4.69) is 0 Å². The highest BCUT2D eigenvalue weighted by molar-refractivity contribution is 6.25. The van der Waals surface area contributed by atoms with Gasteiger partial charge in [-0.15, -0.1) is 0 Å². The Kier molecular flexibility index (Phi) is 2.36. The topological polar surface area (TPSA) is 61.2 Å². The lowest BCUT2D eigenvalue weighted by Crippen LogP contribution is -2.45. The van der Waals surface area contributed by atoms with Crippen molar-refractivity contribution in [3.63, 3.8) is 0 Å². The van der Waals surface area contributed by atoms with Crippen LogP contribution in [0.2, 0.25) is 0 Å². The predicted molar refractivity (Wildman–Crippen MR) is 69.5 cm³/mol. The Bertz CT molecular complexity index is 708. The summed E-state index contributed by atoms with van der Waals surface area (Å²) >= 11 is 0. The van der Waals surface area contributed by atoms with Crippen LogP contribution in [0.4, 0.5) is 0 Å². The van der Waals surface area contributed by atoms with E-state index in [1.807, 2.05) is 18.2 Å². The first-order valence-corrected chi connectivity index (χ1v) is 5.94. The third-order valence-electron chi connectivity index (χ3n) is 3.38. The maximum atomic E-state index is 12.4. The molecule has 1 heterocycles. The van der Waals surface area contributed by atoms with E-state index in [0.717, 1.165) is 10.3 Å². The van der Waals surface area contributed by atoms with Crippen molar-refractivity contribution < 1.29 is 9.59 Å². The second-order valence-corrected chi connectivity index (χ2v) is 4.49. The van der Waals surface area contributed by atoms with Gasteiger partial charge in [-0.1, -0.05) is 24.3 Å². The summed E-state index contributed by atoms with van der Waals surface area (Å²) in [6, 6.07) is 11.9. The van der Waals surface area contributed by atoms with Crippen molar-refractivity contribution in [2.24, 2.45) is 0 Å². The largest absolute Gasteiger partial charge is 0.269 e. The monoisotopic (exact) mass is 250 g/mol. The van der Waals surface area contributed by atoms with Gasteiger partial charge in [0.1, 0.15) is 6.04 Å². The Balaban J connectivity index is 2.35. The highest BCUT2D eigenvalue weighted by Crippen LogP contribution is 2.30. The number of hydrogen-bond donors (Lipinski definition) is 0. The number of rotatable bonds is 1. The van der Waals surface area contributed by atoms with Crippen LogP contribution in [0.1, 0.15) is 27.6 Å². The summed E-state index contributed by atoms with van der Waals surface area (Å²) in [4.78, 5) is 25.8. The fourth-order valence-electron chi connectivity index (χ4n) is 2.46. The van der Waals surface area contributed by atoms with Crippen LogP contribution in [0.5, 0.6) is 0 Å². The molecule has 1 unspecified atom stereocenters. The van der Waals surface area contributed by atoms with Gasteiger partial charge in [0.15, 0.2) is 0 Å². The summed E-state index contributed by atoms with van der Waals surface area (Å²) in [5.74, 6) is -0.799. The molecule has 2 aromatic rings. The van der Waals surface area contributed by atoms with Gasteiger partial charge in [0, 0.05) is 16.5 Å². The maximum absolute atomic E-state index is 12.4. The minimum atomic E-state index is -0.774. The average Bonchev–Trinajstić information content (AvgIpc) is 2.44. The molecule has 0 fully saturated rings. The van der Waals surface area contributed by atoms with Crippen LogP contribution in [0.25, 0.3) is 10.8 Å². The zero-order valence-electron chi connectivity index (χ0n) is 10.3. The first-order chi connectivity index (χ1) is 9.15. The first kappa shape index (κ1) is 11.4. The lowest BCUT2D eigenvalue weighted by Gasteiger charge is -2.28. The number of hydrogen-bond acceptors (Lipinski definition) is 3. The second kappa shape index (κ2) is 3.92. The predicted octanol–water partition coefficient (Wildman–Crippen LogP) is 2.35. The van der Waals surface area contributed by atoms with Crippen LogP contribution in [0.15, 0.2) is 36.4 Å². The van der Waals surface area contributed by atoms with Crippen molar-refractivity contribution >= 4 is 22.6 Å². The molecule has 19 heavy (non-hydrogen) atoms. The van der Waals surface area contributed by atoms with Crippen LogP contribution in [0, 0.1) is 11.3 Å². The van der Waals surface area contributed by atoms with Crippen molar-refractivity contribution in [2.75, 3.05) is 0 Å². The number of carbonyl (C=O) groups excluding carboxylic acids is 2.